The number of anilines is 1. The van der Waals surface area contributed by atoms with Crippen LogP contribution in [0.25, 0.3) is 0 Å². The van der Waals surface area contributed by atoms with Crippen LogP contribution in [0.15, 0.2) is 24.3 Å². The van der Waals surface area contributed by atoms with Gasteiger partial charge in [0.1, 0.15) is 5.38 Å². The molecule has 0 unspecified atom stereocenters. The van der Waals surface area contributed by atoms with Crippen molar-refractivity contribution in [3.8, 4) is 0 Å². The van der Waals surface area contributed by atoms with Gasteiger partial charge in [0.2, 0.25) is 5.91 Å². The monoisotopic (exact) mass is 239 g/mol. The van der Waals surface area contributed by atoms with Crippen LogP contribution in [0.1, 0.15) is 32.3 Å². The Kier molecular flexibility index (Phi) is 5.33. The molecule has 0 spiro atoms. The minimum atomic E-state index is -0.500. The Labute approximate surface area is 102 Å². The molecule has 0 aliphatic carbocycles. The van der Waals surface area contributed by atoms with Crippen LogP contribution in [0.5, 0.6) is 0 Å². The second-order valence-electron chi connectivity index (χ2n) is 3.91. The van der Waals surface area contributed by atoms with Crippen molar-refractivity contribution in [1.29, 1.82) is 0 Å². The van der Waals surface area contributed by atoms with E-state index >= 15 is 0 Å². The van der Waals surface area contributed by atoms with Gasteiger partial charge in [0.15, 0.2) is 0 Å². The number of hydrogen-bond acceptors (Lipinski definition) is 1. The molecular weight excluding hydrogens is 222 g/mol. The average Bonchev–Trinajstić information content (AvgIpc) is 2.28. The summed E-state index contributed by atoms with van der Waals surface area (Å²) in [7, 11) is 0. The lowest BCUT2D eigenvalue weighted by molar-refractivity contribution is -0.115. The third-order valence-electron chi connectivity index (χ3n) is 2.40. The smallest absolute Gasteiger partial charge is 0.242 e. The number of halogens is 1. The van der Waals surface area contributed by atoms with Crippen molar-refractivity contribution in [2.75, 3.05) is 5.32 Å². The summed E-state index contributed by atoms with van der Waals surface area (Å²) in [5, 5.41) is 2.25. The summed E-state index contributed by atoms with van der Waals surface area (Å²) in [5.41, 5.74) is 2.11. The maximum Gasteiger partial charge on any atom is 0.242 e. The molecule has 1 rings (SSSR count). The predicted octanol–water partition coefficient (Wildman–Crippen LogP) is 3.60. The van der Waals surface area contributed by atoms with Crippen LogP contribution in [-0.4, -0.2) is 11.3 Å². The number of benzene rings is 1. The van der Waals surface area contributed by atoms with Gasteiger partial charge in [-0.15, -0.1) is 11.6 Å². The highest BCUT2D eigenvalue weighted by molar-refractivity contribution is 6.32. The van der Waals surface area contributed by atoms with E-state index in [4.69, 9.17) is 11.6 Å². The van der Waals surface area contributed by atoms with Crippen molar-refractivity contribution < 1.29 is 4.79 Å². The number of carbonyl (C=O) groups excluding carboxylic acids is 1. The van der Waals surface area contributed by atoms with Crippen molar-refractivity contribution in [3.05, 3.63) is 29.8 Å². The lowest BCUT2D eigenvalue weighted by atomic mass is 10.1. The Morgan fingerprint density at radius 3 is 2.50 bits per heavy atom. The Bertz CT molecular complexity index is 332. The normalized spacial score (nSPS) is 12.2. The summed E-state index contributed by atoms with van der Waals surface area (Å²) in [6.07, 6.45) is 3.49. The van der Waals surface area contributed by atoms with E-state index in [9.17, 15) is 4.79 Å². The third kappa shape index (κ3) is 4.23. The maximum absolute atomic E-state index is 11.3. The van der Waals surface area contributed by atoms with Crippen LogP contribution in [0.2, 0.25) is 0 Å². The summed E-state index contributed by atoms with van der Waals surface area (Å²) in [6.45, 7) is 3.84. The topological polar surface area (TPSA) is 29.1 Å². The van der Waals surface area contributed by atoms with Gasteiger partial charge in [-0.2, -0.15) is 0 Å². The van der Waals surface area contributed by atoms with Gasteiger partial charge in [0.25, 0.3) is 0 Å². The molecule has 2 nitrogen and oxygen atoms in total. The van der Waals surface area contributed by atoms with Crippen LogP contribution in [-0.2, 0) is 11.2 Å². The zero-order chi connectivity index (χ0) is 12.0. The molecule has 3 heteroatoms. The number of nitrogens with one attached hydrogen (secondary N) is 1. The van der Waals surface area contributed by atoms with Crippen LogP contribution < -0.4 is 5.32 Å². The van der Waals surface area contributed by atoms with E-state index < -0.39 is 5.38 Å². The Morgan fingerprint density at radius 1 is 1.38 bits per heavy atom. The standard InChI is InChI=1S/C13H18ClNO/c1-3-4-5-11-6-8-12(9-7-11)15-13(16)10(2)14/h6-10H,3-5H2,1-2H3,(H,15,16)/t10-/m0/s1. The van der Waals surface area contributed by atoms with E-state index in [0.29, 0.717) is 0 Å². The lowest BCUT2D eigenvalue weighted by Gasteiger charge is -2.07. The van der Waals surface area contributed by atoms with Gasteiger partial charge in [-0.3, -0.25) is 4.79 Å². The zero-order valence-corrected chi connectivity index (χ0v) is 10.6. The number of aryl methyl sites for hydroxylation is 1. The van der Waals surface area contributed by atoms with Gasteiger partial charge >= 0.3 is 0 Å². The fourth-order valence-electron chi connectivity index (χ4n) is 1.38. The summed E-state index contributed by atoms with van der Waals surface area (Å²) in [6, 6.07) is 7.93. The number of alkyl halides is 1. The second kappa shape index (κ2) is 6.54. The highest BCUT2D eigenvalue weighted by Gasteiger charge is 2.08. The average molecular weight is 240 g/mol. The van der Waals surface area contributed by atoms with E-state index in [1.807, 2.05) is 24.3 Å². The van der Waals surface area contributed by atoms with E-state index in [1.165, 1.54) is 18.4 Å². The van der Waals surface area contributed by atoms with Crippen LogP contribution >= 0.6 is 11.6 Å². The summed E-state index contributed by atoms with van der Waals surface area (Å²) < 4.78 is 0. The number of unbranched alkanes of at least 4 members (excludes halogenated alkanes) is 1. The van der Waals surface area contributed by atoms with Crippen LogP contribution in [0.4, 0.5) is 5.69 Å². The summed E-state index contributed by atoms with van der Waals surface area (Å²) in [4.78, 5) is 11.3. The maximum atomic E-state index is 11.3. The molecular formula is C13H18ClNO. The van der Waals surface area contributed by atoms with Gasteiger partial charge in [0.05, 0.1) is 0 Å². The third-order valence-corrected chi connectivity index (χ3v) is 2.60. The molecule has 0 aromatic heterocycles. The number of hydrogen-bond donors (Lipinski definition) is 1. The summed E-state index contributed by atoms with van der Waals surface area (Å²) in [5.74, 6) is -0.164. The molecule has 0 aliphatic heterocycles. The van der Waals surface area contributed by atoms with Gasteiger partial charge in [-0.25, -0.2) is 0 Å². The Morgan fingerprint density at radius 2 is 2.00 bits per heavy atom. The summed E-state index contributed by atoms with van der Waals surface area (Å²) >= 11 is 5.67. The van der Waals surface area contributed by atoms with E-state index in [0.717, 1.165) is 12.1 Å². The van der Waals surface area contributed by atoms with Crippen molar-refractivity contribution in [2.45, 2.75) is 38.5 Å². The van der Waals surface area contributed by atoms with Gasteiger partial charge in [-0.1, -0.05) is 25.5 Å². The molecule has 0 saturated carbocycles. The largest absolute Gasteiger partial charge is 0.325 e. The highest BCUT2D eigenvalue weighted by atomic mass is 35.5. The quantitative estimate of drug-likeness (QED) is 0.782. The van der Waals surface area contributed by atoms with Gasteiger partial charge in [0, 0.05) is 5.69 Å². The molecule has 1 amide bonds. The molecule has 88 valence electrons. The Balaban J connectivity index is 2.54. The SMILES string of the molecule is CCCCc1ccc(NC(=O)[C@H](C)Cl)cc1. The first kappa shape index (κ1) is 13.0. The van der Waals surface area contributed by atoms with E-state index in [-0.39, 0.29) is 5.91 Å². The van der Waals surface area contributed by atoms with Crippen molar-refractivity contribution in [2.24, 2.45) is 0 Å². The number of rotatable bonds is 5. The molecule has 0 fully saturated rings. The molecule has 0 aliphatic rings. The molecule has 0 radical (unpaired) electrons. The van der Waals surface area contributed by atoms with Crippen molar-refractivity contribution >= 4 is 23.2 Å². The van der Waals surface area contributed by atoms with Crippen molar-refractivity contribution in [1.82, 2.24) is 0 Å². The molecule has 16 heavy (non-hydrogen) atoms. The van der Waals surface area contributed by atoms with Gasteiger partial charge in [-0.05, 0) is 37.5 Å². The van der Waals surface area contributed by atoms with Crippen LogP contribution in [0.3, 0.4) is 0 Å². The molecule has 0 heterocycles. The van der Waals surface area contributed by atoms with Crippen molar-refractivity contribution in [3.63, 3.8) is 0 Å². The molecule has 1 atom stereocenters. The molecule has 1 aromatic carbocycles. The molecule has 0 bridgehead atoms. The number of carbonyl (C=O) groups is 1. The van der Waals surface area contributed by atoms with Gasteiger partial charge < -0.3 is 5.32 Å². The first-order chi connectivity index (χ1) is 7.63. The molecule has 1 N–H and O–H groups in total. The van der Waals surface area contributed by atoms with E-state index in [2.05, 4.69) is 12.2 Å². The zero-order valence-electron chi connectivity index (χ0n) is 9.79. The minimum absolute atomic E-state index is 0.164. The number of amides is 1. The Hall–Kier alpha value is -1.02. The highest BCUT2D eigenvalue weighted by Crippen LogP contribution is 2.12. The lowest BCUT2D eigenvalue weighted by Crippen LogP contribution is -2.20. The molecule has 1 aromatic rings. The predicted molar refractivity (Wildman–Crippen MR) is 69.0 cm³/mol. The second-order valence-corrected chi connectivity index (χ2v) is 4.56. The fourth-order valence-corrected chi connectivity index (χ4v) is 1.43. The first-order valence-corrected chi connectivity index (χ1v) is 6.11. The molecule has 0 saturated heterocycles. The van der Waals surface area contributed by atoms with Crippen LogP contribution in [0, 0.1) is 0 Å². The fraction of sp³-hybridized carbons (Fsp3) is 0.462. The first-order valence-electron chi connectivity index (χ1n) is 5.67. The minimum Gasteiger partial charge on any atom is -0.325 e. The van der Waals surface area contributed by atoms with E-state index in [1.54, 1.807) is 6.92 Å².